The summed E-state index contributed by atoms with van der Waals surface area (Å²) in [5.74, 6) is 0.246. The van der Waals surface area contributed by atoms with Gasteiger partial charge in [0.2, 0.25) is 10.0 Å². The van der Waals surface area contributed by atoms with Crippen molar-refractivity contribution in [2.45, 2.75) is 30.7 Å². The number of hydrogen-bond donors (Lipinski definition) is 1. The van der Waals surface area contributed by atoms with Crippen molar-refractivity contribution in [3.63, 3.8) is 0 Å². The van der Waals surface area contributed by atoms with Gasteiger partial charge in [-0.25, -0.2) is 8.42 Å². The maximum Gasteiger partial charge on any atom is 0.243 e. The van der Waals surface area contributed by atoms with Crippen LogP contribution in [0.2, 0.25) is 0 Å². The molecule has 0 amide bonds. The minimum Gasteiger partial charge on any atom is -0.328 e. The summed E-state index contributed by atoms with van der Waals surface area (Å²) in [5.41, 5.74) is 5.91. The predicted molar refractivity (Wildman–Crippen MR) is 79.3 cm³/mol. The fraction of sp³-hybridized carbons (Fsp3) is 0.538. The molecule has 1 saturated heterocycles. The van der Waals surface area contributed by atoms with Gasteiger partial charge in [0.1, 0.15) is 0 Å². The average Bonchev–Trinajstić information content (AvgIpc) is 2.39. The normalized spacial score (nSPS) is 23.2. The van der Waals surface area contributed by atoms with Gasteiger partial charge in [0.25, 0.3) is 0 Å². The molecule has 0 aromatic heterocycles. The fourth-order valence-corrected chi connectivity index (χ4v) is 4.53. The van der Waals surface area contributed by atoms with E-state index in [0.29, 0.717) is 18.0 Å². The van der Waals surface area contributed by atoms with Crippen molar-refractivity contribution >= 4 is 26.0 Å². The number of sulfonamides is 1. The molecule has 0 radical (unpaired) electrons. The van der Waals surface area contributed by atoms with Crippen LogP contribution in [0, 0.1) is 5.92 Å². The summed E-state index contributed by atoms with van der Waals surface area (Å²) in [5, 5.41) is 0. The second-order valence-corrected chi connectivity index (χ2v) is 7.94. The highest BCUT2D eigenvalue weighted by atomic mass is 79.9. The van der Waals surface area contributed by atoms with Gasteiger partial charge in [0.05, 0.1) is 4.90 Å². The third kappa shape index (κ3) is 3.37. The SMILES string of the molecule is C[C@@H](N)[C@@H]1CCCN(S(=O)(=O)c2cccc(Br)c2)C1. The Morgan fingerprint density at radius 2 is 2.21 bits per heavy atom. The number of piperidine rings is 1. The van der Waals surface area contributed by atoms with Crippen LogP contribution in [0.5, 0.6) is 0 Å². The van der Waals surface area contributed by atoms with Gasteiger partial charge in [-0.1, -0.05) is 22.0 Å². The van der Waals surface area contributed by atoms with Crippen LogP contribution >= 0.6 is 15.9 Å². The number of rotatable bonds is 3. The molecule has 0 saturated carbocycles. The smallest absolute Gasteiger partial charge is 0.243 e. The molecule has 19 heavy (non-hydrogen) atoms. The highest BCUT2D eigenvalue weighted by Crippen LogP contribution is 2.26. The molecule has 1 aromatic carbocycles. The van der Waals surface area contributed by atoms with E-state index in [0.717, 1.165) is 17.3 Å². The first-order valence-electron chi connectivity index (χ1n) is 6.42. The van der Waals surface area contributed by atoms with Gasteiger partial charge in [0.15, 0.2) is 0 Å². The Morgan fingerprint density at radius 3 is 2.84 bits per heavy atom. The van der Waals surface area contributed by atoms with Gasteiger partial charge in [-0.15, -0.1) is 0 Å². The molecule has 2 N–H and O–H groups in total. The van der Waals surface area contributed by atoms with E-state index in [4.69, 9.17) is 5.73 Å². The molecule has 1 aliphatic heterocycles. The maximum atomic E-state index is 12.6. The molecule has 0 aliphatic carbocycles. The quantitative estimate of drug-likeness (QED) is 0.912. The Hall–Kier alpha value is -0.430. The molecule has 2 atom stereocenters. The lowest BCUT2D eigenvalue weighted by Gasteiger charge is -2.33. The van der Waals surface area contributed by atoms with Gasteiger partial charge in [-0.05, 0) is 43.9 Å². The lowest BCUT2D eigenvalue weighted by atomic mass is 9.93. The Balaban J connectivity index is 2.24. The van der Waals surface area contributed by atoms with E-state index in [1.165, 1.54) is 0 Å². The van der Waals surface area contributed by atoms with Gasteiger partial charge in [0, 0.05) is 23.6 Å². The van der Waals surface area contributed by atoms with Gasteiger partial charge in [-0.3, -0.25) is 0 Å². The van der Waals surface area contributed by atoms with Gasteiger partial charge < -0.3 is 5.73 Å². The van der Waals surface area contributed by atoms with Crippen molar-refractivity contribution in [2.75, 3.05) is 13.1 Å². The molecule has 106 valence electrons. The first-order valence-corrected chi connectivity index (χ1v) is 8.66. The molecule has 0 spiro atoms. The van der Waals surface area contributed by atoms with Gasteiger partial charge in [-0.2, -0.15) is 4.31 Å². The molecule has 0 unspecified atom stereocenters. The standard InChI is InChI=1S/C13H19BrN2O2S/c1-10(15)11-4-3-7-16(9-11)19(17,18)13-6-2-5-12(14)8-13/h2,5-6,8,10-11H,3-4,7,9,15H2,1H3/t10-,11-/m1/s1. The van der Waals surface area contributed by atoms with Crippen molar-refractivity contribution < 1.29 is 8.42 Å². The molecule has 1 aromatic rings. The summed E-state index contributed by atoms with van der Waals surface area (Å²) in [6, 6.07) is 6.87. The van der Waals surface area contributed by atoms with Crippen molar-refractivity contribution in [3.8, 4) is 0 Å². The van der Waals surface area contributed by atoms with E-state index in [2.05, 4.69) is 15.9 Å². The Kier molecular flexibility index (Phi) is 4.66. The van der Waals surface area contributed by atoms with Crippen molar-refractivity contribution in [1.82, 2.24) is 4.31 Å². The van der Waals surface area contributed by atoms with Crippen LogP contribution in [0.25, 0.3) is 0 Å². The van der Waals surface area contributed by atoms with Gasteiger partial charge >= 0.3 is 0 Å². The Labute approximate surface area is 123 Å². The number of hydrogen-bond acceptors (Lipinski definition) is 3. The molecule has 4 nitrogen and oxygen atoms in total. The van der Waals surface area contributed by atoms with E-state index in [-0.39, 0.29) is 12.0 Å². The number of nitrogens with zero attached hydrogens (tertiary/aromatic N) is 1. The first kappa shape index (κ1) is 15.0. The van der Waals surface area contributed by atoms with E-state index in [1.54, 1.807) is 22.5 Å². The summed E-state index contributed by atoms with van der Waals surface area (Å²) in [6.07, 6.45) is 1.88. The number of halogens is 1. The van der Waals surface area contributed by atoms with Crippen LogP contribution in [0.15, 0.2) is 33.6 Å². The largest absolute Gasteiger partial charge is 0.328 e. The average molecular weight is 347 g/mol. The van der Waals surface area contributed by atoms with Crippen LogP contribution < -0.4 is 5.73 Å². The van der Waals surface area contributed by atoms with Crippen molar-refractivity contribution in [2.24, 2.45) is 11.7 Å². The summed E-state index contributed by atoms with van der Waals surface area (Å²) in [7, 11) is -3.40. The zero-order chi connectivity index (χ0) is 14.0. The number of benzene rings is 1. The molecule has 6 heteroatoms. The van der Waals surface area contributed by atoms with E-state index < -0.39 is 10.0 Å². The minimum atomic E-state index is -3.40. The lowest BCUT2D eigenvalue weighted by molar-refractivity contribution is 0.243. The van der Waals surface area contributed by atoms with E-state index in [9.17, 15) is 8.42 Å². The van der Waals surface area contributed by atoms with Crippen LogP contribution in [-0.4, -0.2) is 31.9 Å². The van der Waals surface area contributed by atoms with E-state index >= 15 is 0 Å². The number of nitrogens with two attached hydrogens (primary N) is 1. The third-order valence-electron chi connectivity index (χ3n) is 3.60. The maximum absolute atomic E-state index is 12.6. The topological polar surface area (TPSA) is 63.4 Å². The molecular formula is C13H19BrN2O2S. The van der Waals surface area contributed by atoms with Crippen molar-refractivity contribution in [1.29, 1.82) is 0 Å². The summed E-state index contributed by atoms with van der Waals surface area (Å²) < 4.78 is 27.5. The highest BCUT2D eigenvalue weighted by molar-refractivity contribution is 9.10. The van der Waals surface area contributed by atoms with Crippen LogP contribution in [-0.2, 0) is 10.0 Å². The Morgan fingerprint density at radius 1 is 1.47 bits per heavy atom. The molecule has 1 fully saturated rings. The Bertz CT molecular complexity index is 545. The monoisotopic (exact) mass is 346 g/mol. The van der Waals surface area contributed by atoms with Crippen LogP contribution in [0.4, 0.5) is 0 Å². The molecule has 2 rings (SSSR count). The molecule has 1 heterocycles. The summed E-state index contributed by atoms with van der Waals surface area (Å²) in [4.78, 5) is 0.340. The van der Waals surface area contributed by atoms with Crippen LogP contribution in [0.3, 0.4) is 0 Å². The van der Waals surface area contributed by atoms with Crippen LogP contribution in [0.1, 0.15) is 19.8 Å². The zero-order valence-corrected chi connectivity index (χ0v) is 13.3. The summed E-state index contributed by atoms with van der Waals surface area (Å²) in [6.45, 7) is 3.05. The summed E-state index contributed by atoms with van der Waals surface area (Å²) >= 11 is 3.31. The van der Waals surface area contributed by atoms with Crippen molar-refractivity contribution in [3.05, 3.63) is 28.7 Å². The fourth-order valence-electron chi connectivity index (χ4n) is 2.40. The van der Waals surface area contributed by atoms with E-state index in [1.807, 2.05) is 13.0 Å². The molecule has 1 aliphatic rings. The second kappa shape index (κ2) is 5.91. The first-order chi connectivity index (χ1) is 8.91. The zero-order valence-electron chi connectivity index (χ0n) is 10.9. The minimum absolute atomic E-state index is 0.0282. The third-order valence-corrected chi connectivity index (χ3v) is 5.95. The highest BCUT2D eigenvalue weighted by Gasteiger charge is 2.31. The lowest BCUT2D eigenvalue weighted by Crippen LogP contribution is -2.44. The molecule has 0 bridgehead atoms. The molecular weight excluding hydrogens is 328 g/mol. The second-order valence-electron chi connectivity index (χ2n) is 5.08. The predicted octanol–water partition coefficient (Wildman–Crippen LogP) is 2.20.